The maximum atomic E-state index is 12.6. The second-order valence-corrected chi connectivity index (χ2v) is 6.55. The van der Waals surface area contributed by atoms with Gasteiger partial charge in [0.2, 0.25) is 5.88 Å². The predicted molar refractivity (Wildman–Crippen MR) is 96.1 cm³/mol. The van der Waals surface area contributed by atoms with E-state index in [1.807, 2.05) is 13.8 Å². The van der Waals surface area contributed by atoms with Crippen molar-refractivity contribution in [2.45, 2.75) is 53.0 Å². The van der Waals surface area contributed by atoms with Crippen molar-refractivity contribution < 1.29 is 9.53 Å². The molecule has 0 aliphatic carbocycles. The Morgan fingerprint density at radius 3 is 2.56 bits per heavy atom. The molecule has 1 amide bonds. The smallest absolute Gasteiger partial charge is 0.254 e. The minimum atomic E-state index is -0.0965. The van der Waals surface area contributed by atoms with Crippen LogP contribution >= 0.6 is 0 Å². The zero-order valence-electron chi connectivity index (χ0n) is 15.6. The molecule has 1 atom stereocenters. The number of carbonyl (C=O) groups excluding carboxylic acids is 1. The summed E-state index contributed by atoms with van der Waals surface area (Å²) in [6, 6.07) is 3.62. The monoisotopic (exact) mass is 345 g/mol. The normalized spacial score (nSPS) is 12.2. The molecule has 0 unspecified atom stereocenters. The van der Waals surface area contributed by atoms with Crippen LogP contribution in [0.25, 0.3) is 5.82 Å². The lowest BCUT2D eigenvalue weighted by molar-refractivity contribution is 0.0936. The van der Waals surface area contributed by atoms with Crippen LogP contribution in [0.3, 0.4) is 0 Å². The molecule has 25 heavy (non-hydrogen) atoms. The Bertz CT molecular complexity index is 694. The first-order valence-corrected chi connectivity index (χ1v) is 8.72. The lowest BCUT2D eigenvalue weighted by Gasteiger charge is -2.15. The summed E-state index contributed by atoms with van der Waals surface area (Å²) in [5.41, 5.74) is 1.39. The maximum absolute atomic E-state index is 12.6. The van der Waals surface area contributed by atoms with Gasteiger partial charge in [-0.25, -0.2) is 4.68 Å². The van der Waals surface area contributed by atoms with Crippen molar-refractivity contribution in [3.05, 3.63) is 29.6 Å². The highest BCUT2D eigenvalue weighted by atomic mass is 16.5. The molecular formula is C18H27N5O2. The number of aromatic nitrogens is 4. The highest BCUT2D eigenvalue weighted by molar-refractivity contribution is 5.95. The van der Waals surface area contributed by atoms with E-state index in [1.54, 1.807) is 23.0 Å². The van der Waals surface area contributed by atoms with Crippen LogP contribution in [-0.4, -0.2) is 39.0 Å². The summed E-state index contributed by atoms with van der Waals surface area (Å²) >= 11 is 0. The lowest BCUT2D eigenvalue weighted by Crippen LogP contribution is -2.33. The number of methoxy groups -OCH3 is 1. The van der Waals surface area contributed by atoms with Crippen LogP contribution in [-0.2, 0) is 6.42 Å². The van der Waals surface area contributed by atoms with Crippen LogP contribution < -0.4 is 10.1 Å². The first-order chi connectivity index (χ1) is 12.0. The molecule has 0 aromatic carbocycles. The standard InChI is InChI=1S/C18H27N5O2/c1-6-15-14(18(24)20-13(4)8-7-12(2)3)11-19-23(15)16-9-10-17(25-5)22-21-16/h9-13H,6-8H2,1-5H3,(H,20,24)/t13-/m0/s1. The SMILES string of the molecule is CCc1c(C(=O)N[C@@H](C)CCC(C)C)cnn1-c1ccc(OC)nn1. The molecule has 2 rings (SSSR count). The molecule has 0 spiro atoms. The molecule has 0 fully saturated rings. The topological polar surface area (TPSA) is 81.9 Å². The van der Waals surface area contributed by atoms with Gasteiger partial charge in [0.25, 0.3) is 5.91 Å². The summed E-state index contributed by atoms with van der Waals surface area (Å²) in [7, 11) is 1.54. The average Bonchev–Trinajstić information content (AvgIpc) is 3.04. The van der Waals surface area contributed by atoms with Crippen LogP contribution in [0.1, 0.15) is 56.6 Å². The number of ether oxygens (including phenoxy) is 1. The van der Waals surface area contributed by atoms with Crippen LogP contribution in [0, 0.1) is 5.92 Å². The third-order valence-corrected chi connectivity index (χ3v) is 4.06. The maximum Gasteiger partial charge on any atom is 0.254 e. The molecule has 0 aliphatic rings. The summed E-state index contributed by atoms with van der Waals surface area (Å²) in [5.74, 6) is 1.53. The highest BCUT2D eigenvalue weighted by Gasteiger charge is 2.19. The Balaban J connectivity index is 2.16. The van der Waals surface area contributed by atoms with Gasteiger partial charge in [0.1, 0.15) is 0 Å². The molecule has 0 saturated heterocycles. The van der Waals surface area contributed by atoms with Gasteiger partial charge in [-0.15, -0.1) is 10.2 Å². The largest absolute Gasteiger partial charge is 0.480 e. The van der Waals surface area contributed by atoms with E-state index in [9.17, 15) is 4.79 Å². The molecular weight excluding hydrogens is 318 g/mol. The molecule has 0 bridgehead atoms. The summed E-state index contributed by atoms with van der Waals surface area (Å²) in [5, 5.41) is 15.5. The van der Waals surface area contributed by atoms with E-state index in [-0.39, 0.29) is 11.9 Å². The number of amides is 1. The van der Waals surface area contributed by atoms with E-state index in [1.165, 1.54) is 7.11 Å². The van der Waals surface area contributed by atoms with Crippen molar-refractivity contribution >= 4 is 5.91 Å². The number of rotatable bonds is 8. The molecule has 2 aromatic rings. The summed E-state index contributed by atoms with van der Waals surface area (Å²) < 4.78 is 6.67. The van der Waals surface area contributed by atoms with Crippen molar-refractivity contribution in [3.8, 4) is 11.7 Å². The van der Waals surface area contributed by atoms with Crippen molar-refractivity contribution in [3.63, 3.8) is 0 Å². The van der Waals surface area contributed by atoms with Crippen LogP contribution in [0.4, 0.5) is 0 Å². The minimum Gasteiger partial charge on any atom is -0.480 e. The van der Waals surface area contributed by atoms with Gasteiger partial charge >= 0.3 is 0 Å². The summed E-state index contributed by atoms with van der Waals surface area (Å²) in [6.07, 6.45) is 4.30. The molecule has 0 saturated carbocycles. The van der Waals surface area contributed by atoms with Gasteiger partial charge in [0.15, 0.2) is 5.82 Å². The van der Waals surface area contributed by atoms with Gasteiger partial charge in [-0.2, -0.15) is 5.10 Å². The van der Waals surface area contributed by atoms with Crippen LogP contribution in [0.2, 0.25) is 0 Å². The molecule has 1 N–H and O–H groups in total. The Morgan fingerprint density at radius 1 is 1.24 bits per heavy atom. The molecule has 136 valence electrons. The fourth-order valence-corrected chi connectivity index (χ4v) is 2.59. The fourth-order valence-electron chi connectivity index (χ4n) is 2.59. The van der Waals surface area contributed by atoms with Gasteiger partial charge < -0.3 is 10.1 Å². The van der Waals surface area contributed by atoms with Crippen LogP contribution in [0.15, 0.2) is 18.3 Å². The molecule has 0 aliphatic heterocycles. The Labute approximate surface area is 148 Å². The van der Waals surface area contributed by atoms with E-state index in [0.717, 1.165) is 18.5 Å². The van der Waals surface area contributed by atoms with E-state index in [2.05, 4.69) is 34.5 Å². The van der Waals surface area contributed by atoms with Gasteiger partial charge in [0.05, 0.1) is 24.6 Å². The third-order valence-electron chi connectivity index (χ3n) is 4.06. The Hall–Kier alpha value is -2.44. The van der Waals surface area contributed by atoms with E-state index in [4.69, 9.17) is 4.74 Å². The van der Waals surface area contributed by atoms with Crippen molar-refractivity contribution in [2.75, 3.05) is 7.11 Å². The van der Waals surface area contributed by atoms with Crippen molar-refractivity contribution in [1.29, 1.82) is 0 Å². The fraction of sp³-hybridized carbons (Fsp3) is 0.556. The highest BCUT2D eigenvalue weighted by Crippen LogP contribution is 2.16. The first kappa shape index (κ1) is 18.9. The zero-order valence-corrected chi connectivity index (χ0v) is 15.6. The van der Waals surface area contributed by atoms with Gasteiger partial charge in [-0.05, 0) is 38.2 Å². The van der Waals surface area contributed by atoms with Gasteiger partial charge in [-0.3, -0.25) is 4.79 Å². The lowest BCUT2D eigenvalue weighted by atomic mass is 10.0. The quantitative estimate of drug-likeness (QED) is 0.795. The minimum absolute atomic E-state index is 0.0965. The van der Waals surface area contributed by atoms with Gasteiger partial charge in [-0.1, -0.05) is 20.8 Å². The van der Waals surface area contributed by atoms with Crippen molar-refractivity contribution in [1.82, 2.24) is 25.3 Å². The molecule has 2 aromatic heterocycles. The molecule has 0 radical (unpaired) electrons. The Kier molecular flexibility index (Phi) is 6.50. The second-order valence-electron chi connectivity index (χ2n) is 6.55. The number of nitrogens with zero attached hydrogens (tertiary/aromatic N) is 4. The first-order valence-electron chi connectivity index (χ1n) is 8.72. The predicted octanol–water partition coefficient (Wildman–Crippen LogP) is 2.79. The average molecular weight is 345 g/mol. The number of nitrogens with one attached hydrogen (secondary N) is 1. The number of hydrogen-bond donors (Lipinski definition) is 1. The summed E-state index contributed by atoms with van der Waals surface area (Å²) in [6.45, 7) is 8.39. The van der Waals surface area contributed by atoms with E-state index in [0.29, 0.717) is 29.6 Å². The third kappa shape index (κ3) is 4.78. The summed E-state index contributed by atoms with van der Waals surface area (Å²) in [4.78, 5) is 12.6. The van der Waals surface area contributed by atoms with Crippen molar-refractivity contribution in [2.24, 2.45) is 5.92 Å². The Morgan fingerprint density at radius 2 is 2.00 bits per heavy atom. The van der Waals surface area contributed by atoms with Gasteiger partial charge in [0, 0.05) is 12.1 Å². The molecule has 7 nitrogen and oxygen atoms in total. The van der Waals surface area contributed by atoms with E-state index >= 15 is 0 Å². The molecule has 2 heterocycles. The molecule has 7 heteroatoms. The zero-order chi connectivity index (χ0) is 18.4. The van der Waals surface area contributed by atoms with Crippen LogP contribution in [0.5, 0.6) is 5.88 Å². The van der Waals surface area contributed by atoms with E-state index < -0.39 is 0 Å². The number of hydrogen-bond acceptors (Lipinski definition) is 5. The number of carbonyl (C=O) groups is 1. The second kappa shape index (κ2) is 8.60.